The fourth-order valence-electron chi connectivity index (χ4n) is 2.90. The maximum Gasteiger partial charge on any atom is 0.0900 e. The Morgan fingerprint density at radius 1 is 1.42 bits per heavy atom. The van der Waals surface area contributed by atoms with E-state index in [0.29, 0.717) is 19.1 Å². The third-order valence-electron chi connectivity index (χ3n) is 3.88. The molecule has 1 aliphatic heterocycles. The number of hydrogen-bond acceptors (Lipinski definition) is 3. The SMILES string of the molecule is CCOCC(O)CN1CCC(c2ccccc2C)C1. The lowest BCUT2D eigenvalue weighted by atomic mass is 9.94. The standard InChI is InChI=1S/C16H25NO2/c1-3-19-12-15(18)11-17-9-8-14(10-17)16-7-5-4-6-13(16)2/h4-7,14-15,18H,3,8-12H2,1-2H3. The highest BCUT2D eigenvalue weighted by molar-refractivity contribution is 5.30. The monoisotopic (exact) mass is 263 g/mol. The first kappa shape index (κ1) is 14.5. The first-order valence-corrected chi connectivity index (χ1v) is 7.24. The van der Waals surface area contributed by atoms with Gasteiger partial charge in [-0.2, -0.15) is 0 Å². The normalized spacial score (nSPS) is 21.7. The number of likely N-dealkylation sites (tertiary alicyclic amines) is 1. The summed E-state index contributed by atoms with van der Waals surface area (Å²) in [7, 11) is 0. The van der Waals surface area contributed by atoms with Crippen LogP contribution in [-0.2, 0) is 4.74 Å². The molecule has 0 bridgehead atoms. The summed E-state index contributed by atoms with van der Waals surface area (Å²) in [6.45, 7) is 8.10. The molecule has 2 unspecified atom stereocenters. The molecule has 1 aromatic carbocycles. The minimum atomic E-state index is -0.365. The van der Waals surface area contributed by atoms with E-state index in [2.05, 4.69) is 36.1 Å². The van der Waals surface area contributed by atoms with Gasteiger partial charge < -0.3 is 14.7 Å². The van der Waals surface area contributed by atoms with Crippen molar-refractivity contribution >= 4 is 0 Å². The molecule has 0 amide bonds. The van der Waals surface area contributed by atoms with Gasteiger partial charge in [0.1, 0.15) is 0 Å². The van der Waals surface area contributed by atoms with Gasteiger partial charge in [0, 0.05) is 19.7 Å². The van der Waals surface area contributed by atoms with Crippen LogP contribution in [0.5, 0.6) is 0 Å². The van der Waals surface area contributed by atoms with Crippen molar-refractivity contribution in [1.82, 2.24) is 4.90 Å². The zero-order valence-corrected chi connectivity index (χ0v) is 12.0. The number of β-amino-alcohol motifs (C(OH)–C–C–N with tert-alkyl or cyclic N) is 1. The van der Waals surface area contributed by atoms with Gasteiger partial charge in [-0.05, 0) is 43.9 Å². The molecule has 1 aliphatic rings. The molecule has 2 atom stereocenters. The number of rotatable bonds is 6. The molecule has 19 heavy (non-hydrogen) atoms. The summed E-state index contributed by atoms with van der Waals surface area (Å²) in [6, 6.07) is 8.63. The number of aryl methyl sites for hydroxylation is 1. The van der Waals surface area contributed by atoms with E-state index >= 15 is 0 Å². The molecule has 3 nitrogen and oxygen atoms in total. The predicted molar refractivity (Wildman–Crippen MR) is 77.5 cm³/mol. The van der Waals surface area contributed by atoms with E-state index in [1.165, 1.54) is 17.5 Å². The number of nitrogens with zero attached hydrogens (tertiary/aromatic N) is 1. The highest BCUT2D eigenvalue weighted by Gasteiger charge is 2.25. The third kappa shape index (κ3) is 4.03. The lowest BCUT2D eigenvalue weighted by molar-refractivity contribution is 0.0250. The van der Waals surface area contributed by atoms with E-state index in [1.807, 2.05) is 6.92 Å². The van der Waals surface area contributed by atoms with E-state index in [0.717, 1.165) is 19.6 Å². The number of aliphatic hydroxyl groups is 1. The number of benzene rings is 1. The molecule has 0 saturated carbocycles. The van der Waals surface area contributed by atoms with Gasteiger partial charge in [-0.3, -0.25) is 0 Å². The molecule has 0 radical (unpaired) electrons. The summed E-state index contributed by atoms with van der Waals surface area (Å²) in [6.07, 6.45) is 0.822. The minimum Gasteiger partial charge on any atom is -0.389 e. The van der Waals surface area contributed by atoms with Gasteiger partial charge in [0.15, 0.2) is 0 Å². The van der Waals surface area contributed by atoms with Gasteiger partial charge in [0.25, 0.3) is 0 Å². The van der Waals surface area contributed by atoms with Gasteiger partial charge >= 0.3 is 0 Å². The van der Waals surface area contributed by atoms with Gasteiger partial charge in [-0.25, -0.2) is 0 Å². The summed E-state index contributed by atoms with van der Waals surface area (Å²) in [4.78, 5) is 2.35. The summed E-state index contributed by atoms with van der Waals surface area (Å²) in [5, 5.41) is 9.89. The Hall–Kier alpha value is -0.900. The van der Waals surface area contributed by atoms with Crippen molar-refractivity contribution < 1.29 is 9.84 Å². The van der Waals surface area contributed by atoms with Crippen LogP contribution in [0.25, 0.3) is 0 Å². The Labute approximate surface area is 116 Å². The number of hydrogen-bond donors (Lipinski definition) is 1. The minimum absolute atomic E-state index is 0.365. The molecule has 1 saturated heterocycles. The molecule has 1 aromatic rings. The van der Waals surface area contributed by atoms with Crippen LogP contribution >= 0.6 is 0 Å². The molecule has 2 rings (SSSR count). The molecular formula is C16H25NO2. The summed E-state index contributed by atoms with van der Waals surface area (Å²) in [5.74, 6) is 0.612. The van der Waals surface area contributed by atoms with Crippen molar-refractivity contribution in [2.45, 2.75) is 32.3 Å². The highest BCUT2D eigenvalue weighted by atomic mass is 16.5. The Morgan fingerprint density at radius 3 is 2.95 bits per heavy atom. The van der Waals surface area contributed by atoms with Gasteiger partial charge in [0.05, 0.1) is 12.7 Å². The van der Waals surface area contributed by atoms with E-state index in [4.69, 9.17) is 4.74 Å². The van der Waals surface area contributed by atoms with Crippen molar-refractivity contribution in [2.75, 3.05) is 32.8 Å². The van der Waals surface area contributed by atoms with E-state index < -0.39 is 0 Å². The number of ether oxygens (including phenoxy) is 1. The van der Waals surface area contributed by atoms with Crippen LogP contribution in [0.2, 0.25) is 0 Å². The molecule has 1 heterocycles. The second-order valence-corrected chi connectivity index (χ2v) is 5.42. The Morgan fingerprint density at radius 2 is 2.21 bits per heavy atom. The first-order chi connectivity index (χ1) is 9.20. The van der Waals surface area contributed by atoms with Gasteiger partial charge in [-0.15, -0.1) is 0 Å². The summed E-state index contributed by atoms with van der Waals surface area (Å²) in [5.41, 5.74) is 2.84. The van der Waals surface area contributed by atoms with Crippen molar-refractivity contribution in [1.29, 1.82) is 0 Å². The van der Waals surface area contributed by atoms with Gasteiger partial charge in [0.2, 0.25) is 0 Å². The first-order valence-electron chi connectivity index (χ1n) is 7.24. The molecule has 0 aliphatic carbocycles. The predicted octanol–water partition coefficient (Wildman–Crippen LogP) is 2.18. The summed E-state index contributed by atoms with van der Waals surface area (Å²) < 4.78 is 5.26. The second-order valence-electron chi connectivity index (χ2n) is 5.42. The fourth-order valence-corrected chi connectivity index (χ4v) is 2.90. The molecule has 1 N–H and O–H groups in total. The topological polar surface area (TPSA) is 32.7 Å². The average molecular weight is 263 g/mol. The molecule has 106 valence electrons. The fraction of sp³-hybridized carbons (Fsp3) is 0.625. The van der Waals surface area contributed by atoms with E-state index in [1.54, 1.807) is 0 Å². The molecule has 1 fully saturated rings. The maximum absolute atomic E-state index is 9.89. The third-order valence-corrected chi connectivity index (χ3v) is 3.88. The molecule has 3 heteroatoms. The van der Waals surface area contributed by atoms with Crippen molar-refractivity contribution in [3.8, 4) is 0 Å². The average Bonchev–Trinajstić information content (AvgIpc) is 2.85. The Kier molecular flexibility index (Phi) is 5.37. The van der Waals surface area contributed by atoms with Crippen molar-refractivity contribution in [3.05, 3.63) is 35.4 Å². The lowest BCUT2D eigenvalue weighted by Crippen LogP contribution is -2.33. The zero-order chi connectivity index (χ0) is 13.7. The van der Waals surface area contributed by atoms with E-state index in [9.17, 15) is 5.11 Å². The zero-order valence-electron chi connectivity index (χ0n) is 12.0. The van der Waals surface area contributed by atoms with Crippen molar-refractivity contribution in [2.24, 2.45) is 0 Å². The Bertz CT molecular complexity index is 394. The van der Waals surface area contributed by atoms with Crippen LogP contribution in [0, 0.1) is 6.92 Å². The van der Waals surface area contributed by atoms with Crippen molar-refractivity contribution in [3.63, 3.8) is 0 Å². The lowest BCUT2D eigenvalue weighted by Gasteiger charge is -2.20. The molecular weight excluding hydrogens is 238 g/mol. The Balaban J connectivity index is 1.85. The highest BCUT2D eigenvalue weighted by Crippen LogP contribution is 2.29. The van der Waals surface area contributed by atoms with Crippen LogP contribution in [0.15, 0.2) is 24.3 Å². The van der Waals surface area contributed by atoms with Crippen LogP contribution in [0.1, 0.15) is 30.4 Å². The summed E-state index contributed by atoms with van der Waals surface area (Å²) >= 11 is 0. The quantitative estimate of drug-likeness (QED) is 0.854. The largest absolute Gasteiger partial charge is 0.389 e. The second kappa shape index (κ2) is 7.04. The van der Waals surface area contributed by atoms with E-state index in [-0.39, 0.29) is 6.10 Å². The van der Waals surface area contributed by atoms with Crippen LogP contribution in [0.3, 0.4) is 0 Å². The van der Waals surface area contributed by atoms with Crippen LogP contribution in [-0.4, -0.2) is 49.0 Å². The van der Waals surface area contributed by atoms with Crippen LogP contribution in [0.4, 0.5) is 0 Å². The van der Waals surface area contributed by atoms with Gasteiger partial charge in [-0.1, -0.05) is 24.3 Å². The smallest absolute Gasteiger partial charge is 0.0900 e. The number of aliphatic hydroxyl groups excluding tert-OH is 1. The maximum atomic E-state index is 9.89. The molecule has 0 spiro atoms. The van der Waals surface area contributed by atoms with Crippen LogP contribution < -0.4 is 0 Å². The molecule has 0 aromatic heterocycles.